The van der Waals surface area contributed by atoms with Crippen LogP contribution in [0.3, 0.4) is 0 Å². The number of amides is 1. The zero-order chi connectivity index (χ0) is 23.3. The molecule has 4 aromatic rings. The van der Waals surface area contributed by atoms with Crippen LogP contribution >= 0.6 is 11.3 Å². The van der Waals surface area contributed by atoms with Gasteiger partial charge in [0.05, 0.1) is 20.8 Å². The van der Waals surface area contributed by atoms with E-state index in [2.05, 4.69) is 43.3 Å². The molecule has 0 saturated carbocycles. The van der Waals surface area contributed by atoms with Crippen molar-refractivity contribution in [2.75, 3.05) is 11.6 Å². The lowest BCUT2D eigenvalue weighted by Crippen LogP contribution is -2.15. The van der Waals surface area contributed by atoms with E-state index in [1.54, 1.807) is 10.7 Å². The highest BCUT2D eigenvalue weighted by atomic mass is 32.2. The van der Waals surface area contributed by atoms with Crippen molar-refractivity contribution >= 4 is 43.1 Å². The van der Waals surface area contributed by atoms with E-state index in [9.17, 15) is 13.2 Å². The smallest absolute Gasteiger partial charge is 0.256 e. The Morgan fingerprint density at radius 3 is 2.38 bits per heavy atom. The van der Waals surface area contributed by atoms with Crippen LogP contribution in [-0.4, -0.2) is 35.3 Å². The molecule has 0 radical (unpaired) electrons. The average Bonchev–Trinajstić information content (AvgIpc) is 3.29. The largest absolute Gasteiger partial charge is 0.306 e. The summed E-state index contributed by atoms with van der Waals surface area (Å²) in [6, 6.07) is 13.8. The number of carbonyl (C=O) groups is 1. The van der Waals surface area contributed by atoms with Crippen molar-refractivity contribution in [2.45, 2.75) is 38.0 Å². The van der Waals surface area contributed by atoms with E-state index < -0.39 is 9.84 Å². The van der Waals surface area contributed by atoms with E-state index in [0.29, 0.717) is 16.5 Å². The van der Waals surface area contributed by atoms with Gasteiger partial charge in [0.1, 0.15) is 5.82 Å². The minimum absolute atomic E-state index is 0.0341. The number of nitrogens with zero attached hydrogens (tertiary/aromatic N) is 3. The van der Waals surface area contributed by atoms with Crippen molar-refractivity contribution < 1.29 is 13.2 Å². The molecule has 7 nitrogen and oxygen atoms in total. The summed E-state index contributed by atoms with van der Waals surface area (Å²) in [6.45, 7) is 8.35. The SMILES string of the molecule is Cc1cc(NC(=O)c2ccc(S(C)(=O)=O)cc2)n(-c2nc3ccc(C(C)(C)C)cc3s2)n1. The normalized spacial score (nSPS) is 12.3. The van der Waals surface area contributed by atoms with E-state index in [4.69, 9.17) is 4.98 Å². The Hall–Kier alpha value is -3.04. The molecule has 2 heterocycles. The molecule has 0 spiro atoms. The van der Waals surface area contributed by atoms with Crippen LogP contribution in [0, 0.1) is 6.92 Å². The summed E-state index contributed by atoms with van der Waals surface area (Å²) < 4.78 is 26.0. The Morgan fingerprint density at radius 1 is 1.06 bits per heavy atom. The highest BCUT2D eigenvalue weighted by Gasteiger charge is 2.18. The summed E-state index contributed by atoms with van der Waals surface area (Å²) in [5, 5.41) is 8.03. The Bertz CT molecular complexity index is 1430. The molecule has 1 N–H and O–H groups in total. The van der Waals surface area contributed by atoms with Crippen molar-refractivity contribution in [3.63, 3.8) is 0 Å². The minimum atomic E-state index is -3.32. The van der Waals surface area contributed by atoms with Crippen LogP contribution in [0.5, 0.6) is 0 Å². The van der Waals surface area contributed by atoms with E-state index in [1.165, 1.54) is 41.2 Å². The van der Waals surface area contributed by atoms with Gasteiger partial charge in [-0.1, -0.05) is 38.2 Å². The molecule has 166 valence electrons. The van der Waals surface area contributed by atoms with E-state index in [-0.39, 0.29) is 16.2 Å². The summed E-state index contributed by atoms with van der Waals surface area (Å²) in [4.78, 5) is 17.6. The number of benzene rings is 2. The number of aromatic nitrogens is 3. The van der Waals surface area contributed by atoms with Crippen molar-refractivity contribution in [1.82, 2.24) is 14.8 Å². The molecule has 0 unspecified atom stereocenters. The van der Waals surface area contributed by atoms with Crippen LogP contribution in [-0.2, 0) is 15.3 Å². The van der Waals surface area contributed by atoms with Gasteiger partial charge in [-0.15, -0.1) is 0 Å². The Morgan fingerprint density at radius 2 is 1.75 bits per heavy atom. The second-order valence-electron chi connectivity index (χ2n) is 8.76. The van der Waals surface area contributed by atoms with E-state index >= 15 is 0 Å². The highest BCUT2D eigenvalue weighted by molar-refractivity contribution is 7.90. The van der Waals surface area contributed by atoms with Crippen LogP contribution < -0.4 is 5.32 Å². The third-order valence-corrected chi connectivity index (χ3v) is 7.16. The molecule has 0 saturated heterocycles. The van der Waals surface area contributed by atoms with Gasteiger partial charge >= 0.3 is 0 Å². The lowest BCUT2D eigenvalue weighted by atomic mass is 9.87. The Balaban J connectivity index is 1.65. The zero-order valence-electron chi connectivity index (χ0n) is 18.5. The molecule has 0 aliphatic heterocycles. The molecule has 0 fully saturated rings. The predicted octanol–water partition coefficient (Wildman–Crippen LogP) is 4.74. The molecule has 2 aromatic carbocycles. The number of hydrogen-bond acceptors (Lipinski definition) is 6. The number of aryl methyl sites for hydroxylation is 1. The van der Waals surface area contributed by atoms with E-state index in [1.807, 2.05) is 13.0 Å². The van der Waals surface area contributed by atoms with Gasteiger partial charge in [-0.2, -0.15) is 9.78 Å². The van der Waals surface area contributed by atoms with Gasteiger partial charge in [0.15, 0.2) is 9.84 Å². The minimum Gasteiger partial charge on any atom is -0.306 e. The van der Waals surface area contributed by atoms with Crippen LogP contribution in [0.4, 0.5) is 5.82 Å². The maximum Gasteiger partial charge on any atom is 0.256 e. The van der Waals surface area contributed by atoms with Gasteiger partial charge in [0, 0.05) is 17.9 Å². The summed E-state index contributed by atoms with van der Waals surface area (Å²) in [6.07, 6.45) is 1.13. The first-order valence-corrected chi connectivity index (χ1v) is 12.7. The number of thiazole rings is 1. The molecular weight excluding hydrogens is 444 g/mol. The first-order chi connectivity index (χ1) is 14.9. The summed E-state index contributed by atoms with van der Waals surface area (Å²) in [7, 11) is -3.32. The summed E-state index contributed by atoms with van der Waals surface area (Å²) >= 11 is 1.51. The van der Waals surface area contributed by atoms with E-state index in [0.717, 1.165) is 22.2 Å². The van der Waals surface area contributed by atoms with Gasteiger partial charge in [-0.05, 0) is 54.3 Å². The topological polar surface area (TPSA) is 94.0 Å². The third kappa shape index (κ3) is 4.44. The van der Waals surface area contributed by atoms with Crippen molar-refractivity contribution in [3.8, 4) is 5.13 Å². The molecule has 0 bridgehead atoms. The monoisotopic (exact) mass is 468 g/mol. The summed E-state index contributed by atoms with van der Waals surface area (Å²) in [5.74, 6) is 0.136. The molecule has 4 rings (SSSR count). The number of carbonyl (C=O) groups excluding carboxylic acids is 1. The number of rotatable bonds is 4. The lowest BCUT2D eigenvalue weighted by Gasteiger charge is -2.18. The van der Waals surface area contributed by atoms with Crippen LogP contribution in [0.25, 0.3) is 15.3 Å². The van der Waals surface area contributed by atoms with Gasteiger partial charge in [-0.3, -0.25) is 4.79 Å². The van der Waals surface area contributed by atoms with Gasteiger partial charge in [0.2, 0.25) is 5.13 Å². The number of fused-ring (bicyclic) bond motifs is 1. The Kier molecular flexibility index (Phi) is 5.42. The maximum atomic E-state index is 12.8. The standard InChI is InChI=1S/C23H24N4O3S2/c1-14-12-20(25-21(28)15-6-9-17(10-7-15)32(5,29)30)27(26-14)22-24-18-11-8-16(23(2,3)4)13-19(18)31-22/h6-13H,1-5H3,(H,25,28). The molecule has 0 aliphatic carbocycles. The molecular formula is C23H24N4O3S2. The van der Waals surface area contributed by atoms with Crippen LogP contribution in [0.2, 0.25) is 0 Å². The van der Waals surface area contributed by atoms with Crippen molar-refractivity contribution in [2.24, 2.45) is 0 Å². The lowest BCUT2D eigenvalue weighted by molar-refractivity contribution is 0.102. The van der Waals surface area contributed by atoms with Gasteiger partial charge < -0.3 is 5.32 Å². The zero-order valence-corrected chi connectivity index (χ0v) is 20.1. The number of hydrogen-bond donors (Lipinski definition) is 1. The number of sulfone groups is 1. The quantitative estimate of drug-likeness (QED) is 0.467. The molecule has 0 atom stereocenters. The fraction of sp³-hybridized carbons (Fsp3) is 0.261. The number of anilines is 1. The van der Waals surface area contributed by atoms with Gasteiger partial charge in [0.25, 0.3) is 5.91 Å². The van der Waals surface area contributed by atoms with Crippen molar-refractivity contribution in [1.29, 1.82) is 0 Å². The second kappa shape index (κ2) is 7.83. The molecule has 32 heavy (non-hydrogen) atoms. The van der Waals surface area contributed by atoms with Crippen LogP contribution in [0.1, 0.15) is 42.4 Å². The highest BCUT2D eigenvalue weighted by Crippen LogP contribution is 2.31. The maximum absolute atomic E-state index is 12.8. The molecule has 9 heteroatoms. The molecule has 0 aliphatic rings. The van der Waals surface area contributed by atoms with Crippen LogP contribution in [0.15, 0.2) is 53.4 Å². The molecule has 2 aromatic heterocycles. The first-order valence-electron chi connectivity index (χ1n) is 10.0. The third-order valence-electron chi connectivity index (χ3n) is 5.04. The second-order valence-corrected chi connectivity index (χ2v) is 11.8. The predicted molar refractivity (Wildman–Crippen MR) is 128 cm³/mol. The van der Waals surface area contributed by atoms with Crippen molar-refractivity contribution in [3.05, 3.63) is 65.4 Å². The Labute approximate surface area is 191 Å². The first kappa shape index (κ1) is 22.2. The average molecular weight is 469 g/mol. The molecule has 1 amide bonds. The summed E-state index contributed by atoms with van der Waals surface area (Å²) in [5.41, 5.74) is 3.22. The fourth-order valence-corrected chi connectivity index (χ4v) is 4.85. The number of nitrogens with one attached hydrogen (secondary N) is 1. The van der Waals surface area contributed by atoms with Gasteiger partial charge in [-0.25, -0.2) is 13.4 Å². The fourth-order valence-electron chi connectivity index (χ4n) is 3.25.